The summed E-state index contributed by atoms with van der Waals surface area (Å²) in [6.07, 6.45) is 1.70. The minimum absolute atomic E-state index is 0.0221. The summed E-state index contributed by atoms with van der Waals surface area (Å²) in [6, 6.07) is 5.11. The average molecular weight is 274 g/mol. The summed E-state index contributed by atoms with van der Waals surface area (Å²) in [4.78, 5) is 4.37. The molecule has 0 unspecified atom stereocenters. The Labute approximate surface area is 112 Å². The smallest absolute Gasteiger partial charge is 0.0778 e. The topological polar surface area (TPSA) is 32.6 Å². The van der Waals surface area contributed by atoms with Crippen molar-refractivity contribution in [2.45, 2.75) is 26.8 Å². The zero-order chi connectivity index (χ0) is 13.1. The highest BCUT2D eigenvalue weighted by Gasteiger charge is 2.22. The van der Waals surface area contributed by atoms with Crippen LogP contribution in [0.5, 0.6) is 0 Å². The minimum Gasteiger partial charge on any atom is -0.394 e. The van der Waals surface area contributed by atoms with Crippen molar-refractivity contribution in [2.24, 2.45) is 10.4 Å². The fraction of sp³-hybridized carbons (Fsp3) is 0.462. The van der Waals surface area contributed by atoms with Gasteiger partial charge in [-0.25, -0.2) is 0 Å². The molecule has 0 aliphatic carbocycles. The third-order valence-electron chi connectivity index (χ3n) is 2.46. The van der Waals surface area contributed by atoms with Crippen LogP contribution < -0.4 is 0 Å². The maximum absolute atomic E-state index is 9.28. The number of hydrogen-bond acceptors (Lipinski definition) is 2. The molecule has 94 valence electrons. The zero-order valence-corrected chi connectivity index (χ0v) is 11.8. The highest BCUT2D eigenvalue weighted by atomic mass is 35.5. The summed E-state index contributed by atoms with van der Waals surface area (Å²) in [6.45, 7) is 6.14. The molecule has 1 aromatic rings. The second-order valence-electron chi connectivity index (χ2n) is 5.05. The molecule has 2 nitrogen and oxygen atoms in total. The van der Waals surface area contributed by atoms with Gasteiger partial charge in [0.2, 0.25) is 0 Å². The van der Waals surface area contributed by atoms with E-state index in [2.05, 4.69) is 4.99 Å². The Morgan fingerprint density at radius 3 is 2.18 bits per heavy atom. The first kappa shape index (κ1) is 14.5. The van der Waals surface area contributed by atoms with E-state index >= 15 is 0 Å². The molecule has 1 N–H and O–H groups in total. The molecule has 0 aliphatic rings. The van der Waals surface area contributed by atoms with Crippen molar-refractivity contribution in [1.82, 2.24) is 0 Å². The van der Waals surface area contributed by atoms with Crippen LogP contribution in [0.2, 0.25) is 10.0 Å². The third kappa shape index (κ3) is 4.66. The van der Waals surface area contributed by atoms with Crippen LogP contribution in [-0.2, 0) is 0 Å². The quantitative estimate of drug-likeness (QED) is 0.835. The molecule has 0 bridgehead atoms. The first-order valence-electron chi connectivity index (χ1n) is 5.43. The van der Waals surface area contributed by atoms with Gasteiger partial charge in [-0.3, -0.25) is 4.99 Å². The van der Waals surface area contributed by atoms with Crippen LogP contribution >= 0.6 is 23.2 Å². The Balaban J connectivity index is 2.89. The molecule has 0 spiro atoms. The number of nitrogens with zero attached hydrogens (tertiary/aromatic N) is 1. The maximum atomic E-state index is 9.28. The van der Waals surface area contributed by atoms with E-state index in [1.165, 1.54) is 0 Å². The number of benzene rings is 1. The van der Waals surface area contributed by atoms with Crippen LogP contribution in [0.15, 0.2) is 23.2 Å². The van der Waals surface area contributed by atoms with Gasteiger partial charge in [-0.2, -0.15) is 0 Å². The van der Waals surface area contributed by atoms with Gasteiger partial charge in [-0.05, 0) is 29.2 Å². The summed E-state index contributed by atoms with van der Waals surface area (Å²) in [5.74, 6) is 0. The van der Waals surface area contributed by atoms with Gasteiger partial charge in [0.05, 0.1) is 12.6 Å². The molecule has 17 heavy (non-hydrogen) atoms. The van der Waals surface area contributed by atoms with Crippen molar-refractivity contribution in [1.29, 1.82) is 0 Å². The molecular weight excluding hydrogens is 257 g/mol. The number of halogens is 2. The number of aliphatic hydroxyl groups is 1. The number of rotatable bonds is 3. The highest BCUT2D eigenvalue weighted by Crippen LogP contribution is 2.22. The van der Waals surface area contributed by atoms with Crippen molar-refractivity contribution >= 4 is 29.4 Å². The van der Waals surface area contributed by atoms with Crippen molar-refractivity contribution in [2.75, 3.05) is 6.61 Å². The summed E-state index contributed by atoms with van der Waals surface area (Å²) in [5.41, 5.74) is 0.762. The first-order valence-corrected chi connectivity index (χ1v) is 6.18. The van der Waals surface area contributed by atoms with Gasteiger partial charge in [0.1, 0.15) is 0 Å². The van der Waals surface area contributed by atoms with Gasteiger partial charge in [-0.15, -0.1) is 0 Å². The van der Waals surface area contributed by atoms with Crippen LogP contribution in [0.25, 0.3) is 0 Å². The van der Waals surface area contributed by atoms with Gasteiger partial charge in [0.25, 0.3) is 0 Å². The van der Waals surface area contributed by atoms with Gasteiger partial charge >= 0.3 is 0 Å². The Morgan fingerprint density at radius 1 is 1.24 bits per heavy atom. The van der Waals surface area contributed by atoms with E-state index < -0.39 is 0 Å². The van der Waals surface area contributed by atoms with Crippen molar-refractivity contribution in [3.8, 4) is 0 Å². The van der Waals surface area contributed by atoms with E-state index in [4.69, 9.17) is 23.2 Å². The summed E-state index contributed by atoms with van der Waals surface area (Å²) < 4.78 is 0. The molecule has 1 atom stereocenters. The molecule has 0 heterocycles. The fourth-order valence-electron chi connectivity index (χ4n) is 1.37. The SMILES string of the molecule is CC(C)(C)[C@H](CO)N=Cc1cc(Cl)cc(Cl)c1. The minimum atomic E-state index is -0.139. The number of aliphatic hydroxyl groups excluding tert-OH is 1. The van der Waals surface area contributed by atoms with Gasteiger partial charge < -0.3 is 5.11 Å². The van der Waals surface area contributed by atoms with Crippen molar-refractivity contribution in [3.63, 3.8) is 0 Å². The molecule has 0 aromatic heterocycles. The zero-order valence-electron chi connectivity index (χ0n) is 10.2. The monoisotopic (exact) mass is 273 g/mol. The molecule has 0 amide bonds. The summed E-state index contributed by atoms with van der Waals surface area (Å²) in [5, 5.41) is 10.4. The lowest BCUT2D eigenvalue weighted by Gasteiger charge is -2.25. The van der Waals surface area contributed by atoms with Crippen LogP contribution in [0.1, 0.15) is 26.3 Å². The van der Waals surface area contributed by atoms with E-state index in [0.717, 1.165) is 5.56 Å². The van der Waals surface area contributed by atoms with E-state index in [0.29, 0.717) is 10.0 Å². The Hall–Kier alpha value is -0.570. The number of hydrogen-bond donors (Lipinski definition) is 1. The predicted molar refractivity (Wildman–Crippen MR) is 74.4 cm³/mol. The van der Waals surface area contributed by atoms with E-state index in [1.807, 2.05) is 20.8 Å². The highest BCUT2D eigenvalue weighted by molar-refractivity contribution is 6.35. The molecule has 1 aromatic carbocycles. The first-order chi connectivity index (χ1) is 7.82. The molecule has 1 rings (SSSR count). The van der Waals surface area contributed by atoms with Crippen LogP contribution in [0.4, 0.5) is 0 Å². The number of aliphatic imine (C=N–C) groups is 1. The summed E-state index contributed by atoms with van der Waals surface area (Å²) in [7, 11) is 0. The Morgan fingerprint density at radius 2 is 1.76 bits per heavy atom. The lowest BCUT2D eigenvalue weighted by molar-refractivity contribution is 0.191. The third-order valence-corrected chi connectivity index (χ3v) is 2.90. The summed E-state index contributed by atoms with van der Waals surface area (Å²) >= 11 is 11.8. The van der Waals surface area contributed by atoms with Crippen LogP contribution in [0.3, 0.4) is 0 Å². The average Bonchev–Trinajstić information content (AvgIpc) is 2.14. The fourth-order valence-corrected chi connectivity index (χ4v) is 1.91. The van der Waals surface area contributed by atoms with Gasteiger partial charge in [0.15, 0.2) is 0 Å². The lowest BCUT2D eigenvalue weighted by atomic mass is 9.88. The predicted octanol–water partition coefficient (Wildman–Crippen LogP) is 3.82. The van der Waals surface area contributed by atoms with Crippen molar-refractivity contribution in [3.05, 3.63) is 33.8 Å². The van der Waals surface area contributed by atoms with E-state index in [9.17, 15) is 5.11 Å². The van der Waals surface area contributed by atoms with Gasteiger partial charge in [-0.1, -0.05) is 44.0 Å². The van der Waals surface area contributed by atoms with Crippen LogP contribution in [-0.4, -0.2) is 24.0 Å². The molecule has 0 aliphatic heterocycles. The lowest BCUT2D eigenvalue weighted by Crippen LogP contribution is -2.28. The Kier molecular flexibility index (Phi) is 4.99. The molecule has 0 saturated carbocycles. The van der Waals surface area contributed by atoms with Crippen LogP contribution in [0, 0.1) is 5.41 Å². The molecule has 0 fully saturated rings. The van der Waals surface area contributed by atoms with E-state index in [-0.39, 0.29) is 18.1 Å². The molecule has 4 heteroatoms. The molecule has 0 saturated heterocycles. The normalized spacial score (nSPS) is 14.2. The largest absolute Gasteiger partial charge is 0.394 e. The standard InChI is InChI=1S/C13H17Cl2NO/c1-13(2,3)12(8-17)16-7-9-4-10(14)6-11(15)5-9/h4-7,12,17H,8H2,1-3H3/t12-/m0/s1. The van der Waals surface area contributed by atoms with Gasteiger partial charge in [0, 0.05) is 16.3 Å². The second-order valence-corrected chi connectivity index (χ2v) is 5.92. The second kappa shape index (κ2) is 5.85. The molecule has 0 radical (unpaired) electrons. The maximum Gasteiger partial charge on any atom is 0.0778 e. The Bertz CT molecular complexity index is 390. The molecular formula is C13H17Cl2NO. The van der Waals surface area contributed by atoms with Crippen molar-refractivity contribution < 1.29 is 5.11 Å². The van der Waals surface area contributed by atoms with E-state index in [1.54, 1.807) is 24.4 Å².